The number of nitrogens with zero attached hydrogens (tertiary/aromatic N) is 2. The third-order valence-electron chi connectivity index (χ3n) is 3.02. The molecule has 0 amide bonds. The van der Waals surface area contributed by atoms with Crippen LogP contribution < -0.4 is 10.2 Å². The summed E-state index contributed by atoms with van der Waals surface area (Å²) >= 11 is 0. The van der Waals surface area contributed by atoms with Gasteiger partial charge in [0, 0.05) is 11.8 Å². The molecule has 8 heteroatoms. The SMILES string of the molecule is COc1ccc(O)c(C(C)=NNc2ccc(C(F)(F)F)cn2)c1. The van der Waals surface area contributed by atoms with Gasteiger partial charge in [-0.3, -0.25) is 5.43 Å². The van der Waals surface area contributed by atoms with Gasteiger partial charge in [0.2, 0.25) is 0 Å². The molecule has 0 saturated heterocycles. The zero-order valence-corrected chi connectivity index (χ0v) is 12.3. The van der Waals surface area contributed by atoms with Crippen LogP contribution in [0.2, 0.25) is 0 Å². The number of methoxy groups -OCH3 is 1. The van der Waals surface area contributed by atoms with Crippen molar-refractivity contribution in [3.8, 4) is 11.5 Å². The highest BCUT2D eigenvalue weighted by Crippen LogP contribution is 2.29. The lowest BCUT2D eigenvalue weighted by Gasteiger charge is -2.08. The molecule has 2 aromatic rings. The molecule has 0 unspecified atom stereocenters. The maximum atomic E-state index is 12.4. The van der Waals surface area contributed by atoms with Crippen molar-refractivity contribution < 1.29 is 23.0 Å². The summed E-state index contributed by atoms with van der Waals surface area (Å²) in [4.78, 5) is 3.64. The zero-order valence-electron chi connectivity index (χ0n) is 12.3. The van der Waals surface area contributed by atoms with Crippen LogP contribution >= 0.6 is 0 Å². The summed E-state index contributed by atoms with van der Waals surface area (Å²) in [6.07, 6.45) is -3.71. The average Bonchev–Trinajstić information content (AvgIpc) is 2.52. The monoisotopic (exact) mass is 325 g/mol. The molecule has 122 valence electrons. The Morgan fingerprint density at radius 3 is 2.57 bits per heavy atom. The molecule has 5 nitrogen and oxygen atoms in total. The Bertz CT molecular complexity index is 713. The minimum Gasteiger partial charge on any atom is -0.507 e. The number of benzene rings is 1. The van der Waals surface area contributed by atoms with E-state index in [1.807, 2.05) is 0 Å². The first-order valence-corrected chi connectivity index (χ1v) is 6.52. The molecule has 0 aliphatic carbocycles. The Kier molecular flexibility index (Phi) is 4.73. The number of phenolic OH excluding ortho intramolecular Hbond substituents is 1. The third kappa shape index (κ3) is 4.12. The van der Waals surface area contributed by atoms with Crippen molar-refractivity contribution in [3.63, 3.8) is 0 Å². The van der Waals surface area contributed by atoms with Crippen molar-refractivity contribution in [2.24, 2.45) is 5.10 Å². The van der Waals surface area contributed by atoms with Crippen molar-refractivity contribution in [2.45, 2.75) is 13.1 Å². The van der Waals surface area contributed by atoms with Gasteiger partial charge in [-0.05, 0) is 37.3 Å². The van der Waals surface area contributed by atoms with Gasteiger partial charge in [-0.1, -0.05) is 0 Å². The fraction of sp³-hybridized carbons (Fsp3) is 0.200. The number of aromatic nitrogens is 1. The zero-order chi connectivity index (χ0) is 17.0. The first-order valence-electron chi connectivity index (χ1n) is 6.52. The summed E-state index contributed by atoms with van der Waals surface area (Å²) in [5.41, 5.74) is 2.56. The van der Waals surface area contributed by atoms with Gasteiger partial charge >= 0.3 is 6.18 Å². The normalized spacial score (nSPS) is 12.1. The molecule has 2 N–H and O–H groups in total. The molecule has 2 rings (SSSR count). The second-order valence-corrected chi connectivity index (χ2v) is 4.62. The summed E-state index contributed by atoms with van der Waals surface area (Å²) in [6, 6.07) is 6.73. The number of ether oxygens (including phenoxy) is 1. The Morgan fingerprint density at radius 1 is 1.26 bits per heavy atom. The molecule has 0 fully saturated rings. The average molecular weight is 325 g/mol. The Hall–Kier alpha value is -2.77. The predicted molar refractivity (Wildman–Crippen MR) is 79.7 cm³/mol. The number of halogens is 3. The first-order chi connectivity index (χ1) is 10.8. The van der Waals surface area contributed by atoms with Crippen LogP contribution in [-0.4, -0.2) is 22.9 Å². The lowest BCUT2D eigenvalue weighted by Crippen LogP contribution is -2.06. The first kappa shape index (κ1) is 16.6. The quantitative estimate of drug-likeness (QED) is 0.665. The van der Waals surface area contributed by atoms with Gasteiger partial charge in [0.15, 0.2) is 0 Å². The van der Waals surface area contributed by atoms with Crippen LogP contribution in [0.15, 0.2) is 41.6 Å². The molecule has 0 aliphatic rings. The van der Waals surface area contributed by atoms with Gasteiger partial charge in [-0.2, -0.15) is 18.3 Å². The minimum atomic E-state index is -4.43. The highest BCUT2D eigenvalue weighted by Gasteiger charge is 2.30. The summed E-state index contributed by atoms with van der Waals surface area (Å²) < 4.78 is 42.4. The summed E-state index contributed by atoms with van der Waals surface area (Å²) in [6.45, 7) is 1.63. The molecule has 0 bridgehead atoms. The Morgan fingerprint density at radius 2 is 2.00 bits per heavy atom. The lowest BCUT2D eigenvalue weighted by atomic mass is 10.1. The van der Waals surface area contributed by atoms with Crippen LogP contribution in [0, 0.1) is 0 Å². The van der Waals surface area contributed by atoms with Crippen LogP contribution in [0.25, 0.3) is 0 Å². The molecule has 0 aliphatic heterocycles. The number of phenols is 1. The second-order valence-electron chi connectivity index (χ2n) is 4.62. The number of aromatic hydroxyl groups is 1. The lowest BCUT2D eigenvalue weighted by molar-refractivity contribution is -0.137. The smallest absolute Gasteiger partial charge is 0.417 e. The molecular weight excluding hydrogens is 311 g/mol. The number of hydrogen-bond acceptors (Lipinski definition) is 5. The topological polar surface area (TPSA) is 66.7 Å². The van der Waals surface area contributed by atoms with Gasteiger partial charge < -0.3 is 9.84 Å². The standard InChI is InChI=1S/C15H14F3N3O2/c1-9(12-7-11(23-2)4-5-13(12)22)20-21-14-6-3-10(8-19-14)15(16,17)18/h3-8,22H,1-2H3,(H,19,21). The van der Waals surface area contributed by atoms with E-state index >= 15 is 0 Å². The molecule has 0 saturated carbocycles. The minimum absolute atomic E-state index is 0.00854. The van der Waals surface area contributed by atoms with Gasteiger partial charge in [0.1, 0.15) is 17.3 Å². The number of rotatable bonds is 4. The number of hydrazone groups is 1. The Labute approximate surface area is 130 Å². The van der Waals surface area contributed by atoms with E-state index in [1.165, 1.54) is 19.2 Å². The van der Waals surface area contributed by atoms with Crippen LogP contribution in [-0.2, 0) is 6.18 Å². The molecule has 0 spiro atoms. The molecule has 0 radical (unpaired) electrons. The van der Waals surface area contributed by atoms with E-state index in [4.69, 9.17) is 4.74 Å². The van der Waals surface area contributed by atoms with Gasteiger partial charge in [-0.25, -0.2) is 4.98 Å². The van der Waals surface area contributed by atoms with Crippen molar-refractivity contribution in [1.82, 2.24) is 4.98 Å². The fourth-order valence-corrected chi connectivity index (χ4v) is 1.76. The highest BCUT2D eigenvalue weighted by molar-refractivity contribution is 6.01. The van der Waals surface area contributed by atoms with E-state index in [0.717, 1.165) is 12.3 Å². The van der Waals surface area contributed by atoms with E-state index < -0.39 is 11.7 Å². The van der Waals surface area contributed by atoms with Crippen molar-refractivity contribution in [2.75, 3.05) is 12.5 Å². The van der Waals surface area contributed by atoms with E-state index in [-0.39, 0.29) is 11.6 Å². The van der Waals surface area contributed by atoms with Gasteiger partial charge in [0.25, 0.3) is 0 Å². The summed E-state index contributed by atoms with van der Waals surface area (Å²) in [5.74, 6) is 0.703. The molecule has 1 heterocycles. The van der Waals surface area contributed by atoms with E-state index in [9.17, 15) is 18.3 Å². The number of anilines is 1. The highest BCUT2D eigenvalue weighted by atomic mass is 19.4. The second kappa shape index (κ2) is 6.55. The van der Waals surface area contributed by atoms with E-state index in [0.29, 0.717) is 17.0 Å². The summed E-state index contributed by atoms with van der Waals surface area (Å²) in [5, 5.41) is 13.8. The summed E-state index contributed by atoms with van der Waals surface area (Å²) in [7, 11) is 1.49. The largest absolute Gasteiger partial charge is 0.507 e. The molecule has 23 heavy (non-hydrogen) atoms. The predicted octanol–water partition coefficient (Wildman–Crippen LogP) is 3.65. The van der Waals surface area contributed by atoms with Gasteiger partial charge in [-0.15, -0.1) is 0 Å². The van der Waals surface area contributed by atoms with Crippen LogP contribution in [0.3, 0.4) is 0 Å². The fourth-order valence-electron chi connectivity index (χ4n) is 1.76. The third-order valence-corrected chi connectivity index (χ3v) is 3.02. The van der Waals surface area contributed by atoms with Crippen LogP contribution in [0.4, 0.5) is 19.0 Å². The van der Waals surface area contributed by atoms with Gasteiger partial charge in [0.05, 0.1) is 18.4 Å². The van der Waals surface area contributed by atoms with Crippen LogP contribution in [0.5, 0.6) is 11.5 Å². The van der Waals surface area contributed by atoms with Crippen LogP contribution in [0.1, 0.15) is 18.1 Å². The molecule has 0 atom stereocenters. The maximum Gasteiger partial charge on any atom is 0.417 e. The molecular formula is C15H14F3N3O2. The van der Waals surface area contributed by atoms with Crippen molar-refractivity contribution >= 4 is 11.5 Å². The molecule has 1 aromatic heterocycles. The number of hydrogen-bond donors (Lipinski definition) is 2. The van der Waals surface area contributed by atoms with E-state index in [2.05, 4.69) is 15.5 Å². The maximum absolute atomic E-state index is 12.4. The molecule has 1 aromatic carbocycles. The number of nitrogens with one attached hydrogen (secondary N) is 1. The van der Waals surface area contributed by atoms with Crippen molar-refractivity contribution in [1.29, 1.82) is 0 Å². The number of alkyl halides is 3. The Balaban J connectivity index is 2.16. The van der Waals surface area contributed by atoms with Crippen molar-refractivity contribution in [3.05, 3.63) is 47.7 Å². The van der Waals surface area contributed by atoms with E-state index in [1.54, 1.807) is 19.1 Å². The number of pyridine rings is 1.